The quantitative estimate of drug-likeness (QED) is 0.666. The van der Waals surface area contributed by atoms with E-state index in [9.17, 15) is 0 Å². The van der Waals surface area contributed by atoms with E-state index in [1.165, 1.54) is 0 Å². The molecular weight excluding hydrogens is 182 g/mol. The minimum atomic E-state index is 0. The lowest BCUT2D eigenvalue weighted by Gasteiger charge is -1.99. The highest BCUT2D eigenvalue weighted by molar-refractivity contribution is 7.79. The van der Waals surface area contributed by atoms with Crippen molar-refractivity contribution in [3.8, 4) is 5.75 Å². The van der Waals surface area contributed by atoms with Gasteiger partial charge in [-0.1, -0.05) is 0 Å². The van der Waals surface area contributed by atoms with Crippen LogP contribution in [0.3, 0.4) is 0 Å². The van der Waals surface area contributed by atoms with Crippen LogP contribution in [0.15, 0.2) is 12.1 Å². The number of hydrogen-bond donors (Lipinski definition) is 2. The minimum Gasteiger partial charge on any atom is -0.506 e. The smallest absolute Gasteiger partial charge is 0.137 e. The molecule has 4 heteroatoms. The maximum Gasteiger partial charge on any atom is 0.137 e. The Kier molecular flexibility index (Phi) is 4.30. The summed E-state index contributed by atoms with van der Waals surface area (Å²) in [5.41, 5.74) is 1.55. The predicted octanol–water partition coefficient (Wildman–Crippen LogP) is 1.95. The van der Waals surface area contributed by atoms with Gasteiger partial charge in [-0.2, -0.15) is 12.6 Å². The van der Waals surface area contributed by atoms with Gasteiger partial charge >= 0.3 is 0 Å². The van der Waals surface area contributed by atoms with E-state index in [4.69, 9.17) is 5.11 Å². The summed E-state index contributed by atoms with van der Waals surface area (Å²) in [7, 11) is 0. The lowest BCUT2D eigenvalue weighted by molar-refractivity contribution is 0.466. The molecule has 62 valence electrons. The normalized spacial score (nSPS) is 8.91. The summed E-state index contributed by atoms with van der Waals surface area (Å²) in [6.45, 7) is 1.88. The Bertz CT molecular complexity index is 242. The van der Waals surface area contributed by atoms with Crippen molar-refractivity contribution in [1.82, 2.24) is 4.98 Å². The molecule has 1 heterocycles. The Morgan fingerprint density at radius 3 is 2.64 bits per heavy atom. The van der Waals surface area contributed by atoms with Crippen LogP contribution >= 0.6 is 25.0 Å². The summed E-state index contributed by atoms with van der Waals surface area (Å²) in [6.07, 6.45) is 0. The van der Waals surface area contributed by atoms with E-state index < -0.39 is 0 Å². The van der Waals surface area contributed by atoms with Crippen LogP contribution < -0.4 is 0 Å². The number of thiol groups is 1. The van der Waals surface area contributed by atoms with Crippen LogP contribution in [0.5, 0.6) is 5.75 Å². The second kappa shape index (κ2) is 4.46. The van der Waals surface area contributed by atoms with Crippen molar-refractivity contribution in [1.29, 1.82) is 0 Å². The van der Waals surface area contributed by atoms with E-state index >= 15 is 0 Å². The average Bonchev–Trinajstić information content (AvgIpc) is 1.94. The molecule has 0 saturated carbocycles. The number of pyridine rings is 1. The monoisotopic (exact) mass is 191 g/mol. The molecule has 0 aliphatic heterocycles. The maximum absolute atomic E-state index is 9.12. The first-order valence-corrected chi connectivity index (χ1v) is 3.63. The predicted molar refractivity (Wildman–Crippen MR) is 50.6 cm³/mol. The van der Waals surface area contributed by atoms with E-state index in [1.54, 1.807) is 12.1 Å². The number of hydrogen-bond acceptors (Lipinski definition) is 3. The molecule has 0 amide bonds. The fraction of sp³-hybridized carbons (Fsp3) is 0.286. The van der Waals surface area contributed by atoms with Crippen molar-refractivity contribution in [2.75, 3.05) is 0 Å². The first-order chi connectivity index (χ1) is 4.74. The van der Waals surface area contributed by atoms with Gasteiger partial charge in [0.05, 0.1) is 5.69 Å². The molecular formula is C7H10ClNOS. The van der Waals surface area contributed by atoms with Gasteiger partial charge in [0.15, 0.2) is 0 Å². The Balaban J connectivity index is 0.000001000. The largest absolute Gasteiger partial charge is 0.506 e. The fourth-order valence-electron chi connectivity index (χ4n) is 0.720. The molecule has 0 bridgehead atoms. The number of aryl methyl sites for hydroxylation is 1. The van der Waals surface area contributed by atoms with Gasteiger partial charge in [-0.05, 0) is 19.1 Å². The molecule has 0 aromatic carbocycles. The van der Waals surface area contributed by atoms with Crippen LogP contribution in [-0.2, 0) is 5.75 Å². The zero-order chi connectivity index (χ0) is 7.56. The van der Waals surface area contributed by atoms with Crippen LogP contribution in [0.2, 0.25) is 0 Å². The highest BCUT2D eigenvalue weighted by Gasteiger charge is 1.98. The van der Waals surface area contributed by atoms with Crippen molar-refractivity contribution < 1.29 is 5.11 Å². The van der Waals surface area contributed by atoms with E-state index in [0.29, 0.717) is 11.4 Å². The third-order valence-corrected chi connectivity index (χ3v) is 1.54. The SMILES string of the molecule is Cc1ccc(O)c(CS)n1.Cl. The summed E-state index contributed by atoms with van der Waals surface area (Å²) >= 11 is 4.00. The molecule has 0 radical (unpaired) electrons. The molecule has 2 nitrogen and oxygen atoms in total. The molecule has 0 spiro atoms. The first kappa shape index (κ1) is 10.6. The Morgan fingerprint density at radius 1 is 1.55 bits per heavy atom. The molecule has 1 aromatic heterocycles. The Hall–Kier alpha value is -0.410. The molecule has 0 fully saturated rings. The van der Waals surface area contributed by atoms with Gasteiger partial charge in [-0.15, -0.1) is 12.4 Å². The molecule has 1 rings (SSSR count). The van der Waals surface area contributed by atoms with E-state index in [0.717, 1.165) is 5.69 Å². The van der Waals surface area contributed by atoms with Gasteiger partial charge in [0.2, 0.25) is 0 Å². The van der Waals surface area contributed by atoms with Crippen molar-refractivity contribution in [3.05, 3.63) is 23.5 Å². The molecule has 1 aromatic rings. The molecule has 1 N–H and O–H groups in total. The summed E-state index contributed by atoms with van der Waals surface area (Å²) in [5.74, 6) is 0.702. The molecule has 0 unspecified atom stereocenters. The van der Waals surface area contributed by atoms with Gasteiger partial charge in [0.1, 0.15) is 5.75 Å². The van der Waals surface area contributed by atoms with Crippen LogP contribution in [-0.4, -0.2) is 10.1 Å². The number of halogens is 1. The zero-order valence-electron chi connectivity index (χ0n) is 6.11. The number of aromatic hydroxyl groups is 1. The van der Waals surface area contributed by atoms with E-state index in [1.807, 2.05) is 6.92 Å². The molecule has 0 atom stereocenters. The summed E-state index contributed by atoms with van der Waals surface area (Å²) in [6, 6.07) is 3.40. The van der Waals surface area contributed by atoms with Crippen molar-refractivity contribution >= 4 is 25.0 Å². The van der Waals surface area contributed by atoms with E-state index in [2.05, 4.69) is 17.6 Å². The molecule has 0 aliphatic rings. The Morgan fingerprint density at radius 2 is 2.18 bits per heavy atom. The summed E-state index contributed by atoms with van der Waals surface area (Å²) < 4.78 is 0. The van der Waals surface area contributed by atoms with Crippen LogP contribution in [0.1, 0.15) is 11.4 Å². The minimum absolute atomic E-state index is 0. The first-order valence-electron chi connectivity index (χ1n) is 3.00. The van der Waals surface area contributed by atoms with Crippen LogP contribution in [0.25, 0.3) is 0 Å². The van der Waals surface area contributed by atoms with Gasteiger partial charge in [-0.3, -0.25) is 4.98 Å². The molecule has 0 saturated heterocycles. The lowest BCUT2D eigenvalue weighted by Crippen LogP contribution is -1.88. The van der Waals surface area contributed by atoms with Crippen molar-refractivity contribution in [2.45, 2.75) is 12.7 Å². The van der Waals surface area contributed by atoms with Crippen molar-refractivity contribution in [2.24, 2.45) is 0 Å². The average molecular weight is 192 g/mol. The third-order valence-electron chi connectivity index (χ3n) is 1.24. The second-order valence-corrected chi connectivity index (χ2v) is 2.39. The number of nitrogens with zero attached hydrogens (tertiary/aromatic N) is 1. The number of aromatic nitrogens is 1. The highest BCUT2D eigenvalue weighted by atomic mass is 35.5. The molecule has 11 heavy (non-hydrogen) atoms. The fourth-order valence-corrected chi connectivity index (χ4v) is 0.952. The lowest BCUT2D eigenvalue weighted by atomic mass is 10.3. The number of rotatable bonds is 1. The van der Waals surface area contributed by atoms with Gasteiger partial charge in [-0.25, -0.2) is 0 Å². The zero-order valence-corrected chi connectivity index (χ0v) is 7.82. The standard InChI is InChI=1S/C7H9NOS.ClH/c1-5-2-3-7(9)6(4-10)8-5;/h2-3,9-10H,4H2,1H3;1H. The summed E-state index contributed by atoms with van der Waals surface area (Å²) in [5, 5.41) is 9.12. The molecule has 0 aliphatic carbocycles. The Labute approximate surface area is 77.5 Å². The van der Waals surface area contributed by atoms with Crippen LogP contribution in [0.4, 0.5) is 0 Å². The van der Waals surface area contributed by atoms with E-state index in [-0.39, 0.29) is 18.2 Å². The maximum atomic E-state index is 9.12. The van der Waals surface area contributed by atoms with Crippen molar-refractivity contribution in [3.63, 3.8) is 0 Å². The summed E-state index contributed by atoms with van der Waals surface area (Å²) in [4.78, 5) is 4.06. The van der Waals surface area contributed by atoms with Gasteiger partial charge in [0.25, 0.3) is 0 Å². The third kappa shape index (κ3) is 2.60. The highest BCUT2D eigenvalue weighted by Crippen LogP contribution is 2.15. The van der Waals surface area contributed by atoms with Crippen LogP contribution in [0, 0.1) is 6.92 Å². The topological polar surface area (TPSA) is 33.1 Å². The van der Waals surface area contributed by atoms with Gasteiger partial charge in [0, 0.05) is 11.4 Å². The second-order valence-electron chi connectivity index (χ2n) is 2.08. The van der Waals surface area contributed by atoms with Gasteiger partial charge < -0.3 is 5.11 Å².